The van der Waals surface area contributed by atoms with Gasteiger partial charge in [-0.05, 0) is 25.2 Å². The van der Waals surface area contributed by atoms with Crippen molar-refractivity contribution in [1.82, 2.24) is 4.90 Å². The van der Waals surface area contributed by atoms with Gasteiger partial charge in [0, 0.05) is 13.1 Å². The van der Waals surface area contributed by atoms with Crippen molar-refractivity contribution in [2.24, 2.45) is 5.92 Å². The van der Waals surface area contributed by atoms with E-state index in [0.29, 0.717) is 11.7 Å². The molecule has 1 fully saturated rings. The van der Waals surface area contributed by atoms with E-state index in [1.165, 1.54) is 24.6 Å². The van der Waals surface area contributed by atoms with Gasteiger partial charge in [0.15, 0.2) is 0 Å². The molecular weight excluding hydrogens is 226 g/mol. The molecule has 0 atom stereocenters. The number of hydrogen-bond donors (Lipinski definition) is 1. The highest BCUT2D eigenvalue weighted by atomic mass is 32.2. The summed E-state index contributed by atoms with van der Waals surface area (Å²) in [6.45, 7) is 3.71. The topological polar surface area (TPSA) is 57.6 Å². The van der Waals surface area contributed by atoms with Gasteiger partial charge in [0.05, 0.1) is 11.5 Å². The van der Waals surface area contributed by atoms with Crippen LogP contribution in [-0.2, 0) is 9.59 Å². The van der Waals surface area contributed by atoms with Crippen LogP contribution in [0.15, 0.2) is 0 Å². The summed E-state index contributed by atoms with van der Waals surface area (Å²) < 4.78 is 0. The van der Waals surface area contributed by atoms with Crippen LogP contribution in [0.2, 0.25) is 0 Å². The number of aliphatic carboxylic acids is 1. The maximum Gasteiger partial charge on any atom is 0.313 e. The fourth-order valence-corrected chi connectivity index (χ4v) is 2.15. The predicted molar refractivity (Wildman–Crippen MR) is 64.6 cm³/mol. The SMILES string of the molecule is CCCN(CC1CC1)C(=O)CSCC(=O)O. The maximum absolute atomic E-state index is 11.8. The van der Waals surface area contributed by atoms with Crippen LogP contribution in [0, 0.1) is 5.92 Å². The second-order valence-corrected chi connectivity index (χ2v) is 5.16. The van der Waals surface area contributed by atoms with E-state index in [2.05, 4.69) is 6.92 Å². The van der Waals surface area contributed by atoms with Gasteiger partial charge in [0.2, 0.25) is 5.91 Å². The molecule has 0 spiro atoms. The summed E-state index contributed by atoms with van der Waals surface area (Å²) in [5.74, 6) is 0.218. The number of hydrogen-bond acceptors (Lipinski definition) is 3. The standard InChI is InChI=1S/C11H19NO3S/c1-2-5-12(6-9-3-4-9)10(13)7-16-8-11(14)15/h9H,2-8H2,1H3,(H,14,15). The van der Waals surface area contributed by atoms with Gasteiger partial charge in [-0.3, -0.25) is 9.59 Å². The zero-order valence-electron chi connectivity index (χ0n) is 9.65. The minimum absolute atomic E-state index is 0.00906. The lowest BCUT2D eigenvalue weighted by molar-refractivity contribution is -0.133. The first-order valence-electron chi connectivity index (χ1n) is 5.70. The van der Waals surface area contributed by atoms with Crippen molar-refractivity contribution in [2.75, 3.05) is 24.6 Å². The Morgan fingerprint density at radius 3 is 2.56 bits per heavy atom. The summed E-state index contributed by atoms with van der Waals surface area (Å²) in [7, 11) is 0. The highest BCUT2D eigenvalue weighted by Crippen LogP contribution is 2.29. The number of amides is 1. The Balaban J connectivity index is 2.25. The second kappa shape index (κ2) is 6.78. The molecule has 16 heavy (non-hydrogen) atoms. The Bertz CT molecular complexity index is 254. The zero-order valence-corrected chi connectivity index (χ0v) is 10.5. The molecule has 0 aromatic carbocycles. The maximum atomic E-state index is 11.8. The van der Waals surface area contributed by atoms with Crippen molar-refractivity contribution in [3.05, 3.63) is 0 Å². The molecule has 92 valence electrons. The molecule has 1 saturated carbocycles. The second-order valence-electron chi connectivity index (χ2n) is 4.17. The van der Waals surface area contributed by atoms with Gasteiger partial charge >= 0.3 is 5.97 Å². The van der Waals surface area contributed by atoms with Crippen molar-refractivity contribution in [2.45, 2.75) is 26.2 Å². The molecule has 0 aromatic heterocycles. The van der Waals surface area contributed by atoms with Gasteiger partial charge in [-0.2, -0.15) is 0 Å². The van der Waals surface area contributed by atoms with E-state index in [4.69, 9.17) is 5.11 Å². The minimum atomic E-state index is -0.859. The van der Waals surface area contributed by atoms with Crippen LogP contribution in [0.3, 0.4) is 0 Å². The Morgan fingerprint density at radius 1 is 1.38 bits per heavy atom. The van der Waals surface area contributed by atoms with Crippen molar-refractivity contribution in [1.29, 1.82) is 0 Å². The molecule has 0 heterocycles. The summed E-state index contributed by atoms with van der Waals surface area (Å²) in [5.41, 5.74) is 0. The third kappa shape index (κ3) is 5.39. The van der Waals surface area contributed by atoms with Crippen LogP contribution in [0.25, 0.3) is 0 Å². The van der Waals surface area contributed by atoms with Crippen molar-refractivity contribution < 1.29 is 14.7 Å². The molecular formula is C11H19NO3S. The Morgan fingerprint density at radius 2 is 2.06 bits per heavy atom. The molecule has 0 radical (unpaired) electrons. The average Bonchev–Trinajstić information content (AvgIpc) is 3.00. The summed E-state index contributed by atoms with van der Waals surface area (Å²) in [5, 5.41) is 8.48. The van der Waals surface area contributed by atoms with E-state index in [0.717, 1.165) is 19.5 Å². The molecule has 0 unspecified atom stereocenters. The number of carbonyl (C=O) groups is 2. The molecule has 1 rings (SSSR count). The van der Waals surface area contributed by atoms with Gasteiger partial charge in [0.1, 0.15) is 0 Å². The van der Waals surface area contributed by atoms with Crippen LogP contribution in [-0.4, -0.2) is 46.5 Å². The Kier molecular flexibility index (Phi) is 5.66. The van der Waals surface area contributed by atoms with Gasteiger partial charge in [0.25, 0.3) is 0 Å². The van der Waals surface area contributed by atoms with Gasteiger partial charge in [-0.15, -0.1) is 11.8 Å². The highest BCUT2D eigenvalue weighted by Gasteiger charge is 2.26. The average molecular weight is 245 g/mol. The number of rotatable bonds is 8. The first-order chi connectivity index (χ1) is 7.63. The van der Waals surface area contributed by atoms with E-state index < -0.39 is 5.97 Å². The van der Waals surface area contributed by atoms with E-state index in [-0.39, 0.29) is 11.7 Å². The molecule has 1 aliphatic carbocycles. The van der Waals surface area contributed by atoms with E-state index in [1.807, 2.05) is 4.90 Å². The van der Waals surface area contributed by atoms with E-state index >= 15 is 0 Å². The quantitative estimate of drug-likeness (QED) is 0.703. The zero-order chi connectivity index (χ0) is 12.0. The molecule has 1 amide bonds. The number of nitrogens with zero attached hydrogens (tertiary/aromatic N) is 1. The molecule has 4 nitrogen and oxygen atoms in total. The monoisotopic (exact) mass is 245 g/mol. The van der Waals surface area contributed by atoms with Crippen molar-refractivity contribution >= 4 is 23.6 Å². The molecule has 0 aliphatic heterocycles. The number of thioether (sulfide) groups is 1. The molecule has 0 bridgehead atoms. The smallest absolute Gasteiger partial charge is 0.313 e. The van der Waals surface area contributed by atoms with Crippen LogP contribution in [0.4, 0.5) is 0 Å². The van der Waals surface area contributed by atoms with Crippen molar-refractivity contribution in [3.63, 3.8) is 0 Å². The number of carboxylic acid groups (broad SMARTS) is 1. The van der Waals surface area contributed by atoms with Crippen LogP contribution in [0.1, 0.15) is 26.2 Å². The molecule has 0 aromatic rings. The summed E-state index contributed by atoms with van der Waals surface area (Å²) >= 11 is 1.18. The normalized spacial score (nSPS) is 14.8. The van der Waals surface area contributed by atoms with Crippen molar-refractivity contribution in [3.8, 4) is 0 Å². The lowest BCUT2D eigenvalue weighted by atomic mass is 10.3. The molecule has 1 aliphatic rings. The van der Waals surface area contributed by atoms with E-state index in [9.17, 15) is 9.59 Å². The van der Waals surface area contributed by atoms with Gasteiger partial charge in [-0.25, -0.2) is 0 Å². The highest BCUT2D eigenvalue weighted by molar-refractivity contribution is 8.00. The summed E-state index contributed by atoms with van der Waals surface area (Å²) in [6.07, 6.45) is 3.42. The fourth-order valence-electron chi connectivity index (χ4n) is 1.52. The largest absolute Gasteiger partial charge is 0.481 e. The molecule has 0 saturated heterocycles. The number of carbonyl (C=O) groups excluding carboxylic acids is 1. The first kappa shape index (κ1) is 13.4. The molecule has 1 N–H and O–H groups in total. The Hall–Kier alpha value is -0.710. The lowest BCUT2D eigenvalue weighted by Crippen LogP contribution is -2.35. The van der Waals surface area contributed by atoms with Gasteiger partial charge in [-0.1, -0.05) is 6.92 Å². The van der Waals surface area contributed by atoms with Crippen LogP contribution < -0.4 is 0 Å². The lowest BCUT2D eigenvalue weighted by Gasteiger charge is -2.21. The van der Waals surface area contributed by atoms with Gasteiger partial charge < -0.3 is 10.0 Å². The third-order valence-electron chi connectivity index (χ3n) is 2.47. The molecule has 5 heteroatoms. The minimum Gasteiger partial charge on any atom is -0.481 e. The fraction of sp³-hybridized carbons (Fsp3) is 0.818. The van der Waals surface area contributed by atoms with Crippen LogP contribution in [0.5, 0.6) is 0 Å². The van der Waals surface area contributed by atoms with Crippen LogP contribution >= 0.6 is 11.8 Å². The third-order valence-corrected chi connectivity index (χ3v) is 3.37. The summed E-state index contributed by atoms with van der Waals surface area (Å²) in [6, 6.07) is 0. The first-order valence-corrected chi connectivity index (χ1v) is 6.86. The number of carboxylic acids is 1. The van der Waals surface area contributed by atoms with E-state index in [1.54, 1.807) is 0 Å². The predicted octanol–water partition coefficient (Wildman–Crippen LogP) is 1.45. The summed E-state index contributed by atoms with van der Waals surface area (Å²) in [4.78, 5) is 24.0. The Labute approximate surface area is 100 Å².